The first-order valence-electron chi connectivity index (χ1n) is 15.6. The molecule has 9 heteroatoms. The number of anilines is 1. The summed E-state index contributed by atoms with van der Waals surface area (Å²) in [4.78, 5) is 30.4. The third-order valence-electron chi connectivity index (χ3n) is 8.43. The molecule has 0 saturated heterocycles. The van der Waals surface area contributed by atoms with Gasteiger partial charge in [-0.1, -0.05) is 113 Å². The first-order chi connectivity index (χ1) is 22.1. The smallest absolute Gasteiger partial charge is 0.264 e. The summed E-state index contributed by atoms with van der Waals surface area (Å²) >= 11 is 3.46. The molecule has 240 valence electrons. The van der Waals surface area contributed by atoms with Crippen molar-refractivity contribution in [2.75, 3.05) is 10.8 Å². The number of carbonyl (C=O) groups is 2. The second kappa shape index (κ2) is 15.1. The Bertz CT molecular complexity index is 1740. The van der Waals surface area contributed by atoms with E-state index in [1.807, 2.05) is 68.4 Å². The fraction of sp³-hybridized carbons (Fsp3) is 0.297. The number of halogens is 1. The molecular weight excluding hydrogens is 662 g/mol. The minimum Gasteiger partial charge on any atom is -0.352 e. The molecule has 1 aliphatic rings. The van der Waals surface area contributed by atoms with E-state index in [4.69, 9.17) is 0 Å². The molecule has 0 bridgehead atoms. The van der Waals surface area contributed by atoms with E-state index in [9.17, 15) is 18.0 Å². The molecule has 46 heavy (non-hydrogen) atoms. The van der Waals surface area contributed by atoms with Crippen LogP contribution in [-0.4, -0.2) is 43.8 Å². The lowest BCUT2D eigenvalue weighted by Gasteiger charge is -2.34. The predicted molar refractivity (Wildman–Crippen MR) is 186 cm³/mol. The highest BCUT2D eigenvalue weighted by Crippen LogP contribution is 2.28. The van der Waals surface area contributed by atoms with Crippen molar-refractivity contribution in [2.24, 2.45) is 0 Å². The maximum atomic E-state index is 14.6. The van der Waals surface area contributed by atoms with Gasteiger partial charge in [0.15, 0.2) is 0 Å². The predicted octanol–water partition coefficient (Wildman–Crippen LogP) is 6.96. The Morgan fingerprint density at radius 1 is 0.826 bits per heavy atom. The summed E-state index contributed by atoms with van der Waals surface area (Å²) in [5, 5.41) is 3.21. The van der Waals surface area contributed by atoms with Crippen molar-refractivity contribution in [3.05, 3.63) is 130 Å². The number of amides is 2. The molecule has 7 nitrogen and oxygen atoms in total. The van der Waals surface area contributed by atoms with Crippen molar-refractivity contribution in [3.8, 4) is 0 Å². The van der Waals surface area contributed by atoms with Crippen molar-refractivity contribution in [1.29, 1.82) is 0 Å². The van der Waals surface area contributed by atoms with Gasteiger partial charge in [0, 0.05) is 23.5 Å². The summed E-state index contributed by atoms with van der Waals surface area (Å²) in [6, 6.07) is 30.1. The van der Waals surface area contributed by atoms with Gasteiger partial charge in [-0.2, -0.15) is 0 Å². The van der Waals surface area contributed by atoms with E-state index in [2.05, 4.69) is 21.2 Å². The average molecular weight is 703 g/mol. The number of nitrogens with one attached hydrogen (secondary N) is 1. The zero-order valence-electron chi connectivity index (χ0n) is 26.2. The summed E-state index contributed by atoms with van der Waals surface area (Å²) in [6.07, 6.45) is 4.21. The fourth-order valence-corrected chi connectivity index (χ4v) is 7.60. The maximum absolute atomic E-state index is 14.6. The molecule has 4 aromatic carbocycles. The lowest BCUT2D eigenvalue weighted by molar-refractivity contribution is -0.140. The molecule has 0 radical (unpaired) electrons. The van der Waals surface area contributed by atoms with E-state index in [1.54, 1.807) is 53.4 Å². The van der Waals surface area contributed by atoms with Crippen LogP contribution in [0, 0.1) is 13.8 Å². The number of benzene rings is 4. The first kappa shape index (κ1) is 33.4. The highest BCUT2D eigenvalue weighted by molar-refractivity contribution is 9.10. The lowest BCUT2D eigenvalue weighted by atomic mass is 10.0. The van der Waals surface area contributed by atoms with Crippen molar-refractivity contribution in [1.82, 2.24) is 10.2 Å². The molecule has 0 unspecified atom stereocenters. The van der Waals surface area contributed by atoms with E-state index in [1.165, 1.54) is 0 Å². The molecule has 0 heterocycles. The van der Waals surface area contributed by atoms with Gasteiger partial charge in [-0.05, 0) is 68.1 Å². The van der Waals surface area contributed by atoms with E-state index in [-0.39, 0.29) is 23.4 Å². The topological polar surface area (TPSA) is 86.8 Å². The standard InChI is InChI=1S/C37H40BrN3O4S/c1-27-15-19-30(20-16-27)25-40(35(23-29-9-4-3-5-10-29)37(43)39-32-12-6-7-13-32)36(42)26-41(33-14-8-11-31(38)24-33)46(44,45)34-21-17-28(2)18-22-34/h3-5,8-11,14-22,24,32,35H,6-7,12-13,23,25-26H2,1-2H3,(H,39,43)/t35-/m0/s1. The number of hydrogen-bond donors (Lipinski definition) is 1. The Balaban J connectivity index is 1.56. The van der Waals surface area contributed by atoms with E-state index < -0.39 is 28.5 Å². The van der Waals surface area contributed by atoms with Crippen LogP contribution < -0.4 is 9.62 Å². The van der Waals surface area contributed by atoms with Gasteiger partial charge in [0.1, 0.15) is 12.6 Å². The molecule has 1 N–H and O–H groups in total. The van der Waals surface area contributed by atoms with Crippen LogP contribution in [0.15, 0.2) is 112 Å². The molecule has 0 aromatic heterocycles. The van der Waals surface area contributed by atoms with E-state index in [0.29, 0.717) is 16.6 Å². The Labute approximate surface area is 280 Å². The Morgan fingerprint density at radius 2 is 1.46 bits per heavy atom. The van der Waals surface area contributed by atoms with Gasteiger partial charge in [0.2, 0.25) is 11.8 Å². The van der Waals surface area contributed by atoms with Crippen LogP contribution in [0.2, 0.25) is 0 Å². The van der Waals surface area contributed by atoms with Crippen molar-refractivity contribution in [3.63, 3.8) is 0 Å². The van der Waals surface area contributed by atoms with E-state index in [0.717, 1.165) is 52.2 Å². The molecule has 1 aliphatic carbocycles. The average Bonchev–Trinajstić information content (AvgIpc) is 3.56. The SMILES string of the molecule is Cc1ccc(CN(C(=O)CN(c2cccc(Br)c2)S(=O)(=O)c2ccc(C)cc2)[C@@H](Cc2ccccc2)C(=O)NC2CCCC2)cc1. The van der Waals surface area contributed by atoms with Crippen LogP contribution in [0.3, 0.4) is 0 Å². The zero-order valence-corrected chi connectivity index (χ0v) is 28.6. The molecule has 5 rings (SSSR count). The van der Waals surface area contributed by atoms with Gasteiger partial charge in [-0.25, -0.2) is 8.42 Å². The van der Waals surface area contributed by atoms with Crippen LogP contribution in [0.4, 0.5) is 5.69 Å². The number of aryl methyl sites for hydroxylation is 2. The van der Waals surface area contributed by atoms with Gasteiger partial charge >= 0.3 is 0 Å². The molecule has 2 amide bonds. The molecular formula is C37H40BrN3O4S. The Kier molecular flexibility index (Phi) is 11.0. The Morgan fingerprint density at radius 3 is 2.09 bits per heavy atom. The summed E-state index contributed by atoms with van der Waals surface area (Å²) in [6.45, 7) is 3.54. The number of nitrogens with zero attached hydrogens (tertiary/aromatic N) is 2. The summed E-state index contributed by atoms with van der Waals surface area (Å²) in [7, 11) is -4.15. The quantitative estimate of drug-likeness (QED) is 0.173. The third kappa shape index (κ3) is 8.44. The van der Waals surface area contributed by atoms with Crippen molar-refractivity contribution >= 4 is 43.5 Å². The molecule has 1 saturated carbocycles. The highest BCUT2D eigenvalue weighted by atomic mass is 79.9. The second-order valence-corrected chi connectivity index (χ2v) is 14.8. The normalized spacial score (nSPS) is 14.1. The molecule has 1 fully saturated rings. The molecule has 0 spiro atoms. The number of rotatable bonds is 12. The minimum atomic E-state index is -4.15. The van der Waals surface area contributed by atoms with Gasteiger partial charge in [-0.3, -0.25) is 13.9 Å². The zero-order chi connectivity index (χ0) is 32.7. The lowest BCUT2D eigenvalue weighted by Crippen LogP contribution is -2.54. The minimum absolute atomic E-state index is 0.0576. The van der Waals surface area contributed by atoms with E-state index >= 15 is 0 Å². The fourth-order valence-electron chi connectivity index (χ4n) is 5.81. The van der Waals surface area contributed by atoms with Gasteiger partial charge in [0.05, 0.1) is 10.6 Å². The van der Waals surface area contributed by atoms with Gasteiger partial charge in [-0.15, -0.1) is 0 Å². The third-order valence-corrected chi connectivity index (χ3v) is 10.7. The number of carbonyl (C=O) groups excluding carboxylic acids is 2. The number of hydrogen-bond acceptors (Lipinski definition) is 4. The van der Waals surface area contributed by atoms with Crippen molar-refractivity contribution in [2.45, 2.75) is 69.5 Å². The number of sulfonamides is 1. The van der Waals surface area contributed by atoms with Crippen molar-refractivity contribution < 1.29 is 18.0 Å². The second-order valence-electron chi connectivity index (χ2n) is 12.0. The van der Waals surface area contributed by atoms with Gasteiger partial charge in [0.25, 0.3) is 10.0 Å². The summed E-state index contributed by atoms with van der Waals surface area (Å²) in [5.74, 6) is -0.703. The summed E-state index contributed by atoms with van der Waals surface area (Å²) < 4.78 is 30.2. The van der Waals surface area contributed by atoms with Crippen LogP contribution in [0.5, 0.6) is 0 Å². The molecule has 4 aromatic rings. The van der Waals surface area contributed by atoms with Crippen LogP contribution in [0.25, 0.3) is 0 Å². The summed E-state index contributed by atoms with van der Waals surface area (Å²) in [5.41, 5.74) is 4.10. The molecule has 1 atom stereocenters. The highest BCUT2D eigenvalue weighted by Gasteiger charge is 2.35. The van der Waals surface area contributed by atoms with Crippen LogP contribution in [-0.2, 0) is 32.6 Å². The Hall–Kier alpha value is -3.95. The maximum Gasteiger partial charge on any atom is 0.264 e. The first-order valence-corrected chi connectivity index (χ1v) is 17.9. The largest absolute Gasteiger partial charge is 0.352 e. The monoisotopic (exact) mass is 701 g/mol. The van der Waals surface area contributed by atoms with Gasteiger partial charge < -0.3 is 10.2 Å². The van der Waals surface area contributed by atoms with Crippen LogP contribution in [0.1, 0.15) is 47.9 Å². The molecule has 0 aliphatic heterocycles. The van der Waals surface area contributed by atoms with Crippen LogP contribution >= 0.6 is 15.9 Å².